The maximum absolute atomic E-state index is 13.6. The second-order valence-corrected chi connectivity index (χ2v) is 7.89. The monoisotopic (exact) mass is 515 g/mol. The van der Waals surface area contributed by atoms with Gasteiger partial charge in [0.1, 0.15) is 0 Å². The van der Waals surface area contributed by atoms with Crippen molar-refractivity contribution in [2.24, 2.45) is 0 Å². The number of carbonyl (C=O) groups excluding carboxylic acids is 1. The van der Waals surface area contributed by atoms with Gasteiger partial charge in [-0.25, -0.2) is 0 Å². The first-order valence-corrected chi connectivity index (χ1v) is 11.4. The first-order valence-electron chi connectivity index (χ1n) is 21.4. The molecule has 0 aliphatic carbocycles. The number of para-hydroxylation sites is 4. The van der Waals surface area contributed by atoms with Gasteiger partial charge in [0.25, 0.3) is 0 Å². The van der Waals surface area contributed by atoms with Gasteiger partial charge >= 0.3 is 0 Å². The minimum absolute atomic E-state index is 0.0204. The van der Waals surface area contributed by atoms with E-state index in [2.05, 4.69) is 0 Å². The van der Waals surface area contributed by atoms with Crippen molar-refractivity contribution in [2.45, 2.75) is 12.8 Å². The molecule has 0 atom stereocenters. The lowest BCUT2D eigenvalue weighted by Gasteiger charge is -2.32. The highest BCUT2D eigenvalue weighted by Crippen LogP contribution is 2.45. The predicted molar refractivity (Wildman–Crippen MR) is 157 cm³/mol. The molecule has 0 unspecified atom stereocenters. The standard InChI is InChI=1S/C34H29N3O/c38-34-22-13-25-35(34)33-26-31(36(27-14-5-1-6-15-27)28-16-7-2-8-17-28)23-24-32(33)37(29-18-9-3-10-19-29)30-20-11-4-12-21-30/h1-12,14-21,23-24,26H,13,22,25H2/i1D,2D,3D,4D,5D,6D,7D,8D,9D,10D,11D,12D,14D,15D,16D,17D,18D,19D,20D,21D. The third-order valence-electron chi connectivity index (χ3n) is 5.66. The average molecular weight is 516 g/mol. The van der Waals surface area contributed by atoms with Crippen molar-refractivity contribution in [3.63, 3.8) is 0 Å². The maximum atomic E-state index is 13.6. The van der Waals surface area contributed by atoms with Crippen molar-refractivity contribution in [1.82, 2.24) is 0 Å². The van der Waals surface area contributed by atoms with Crippen LogP contribution in [0.15, 0.2) is 139 Å². The average Bonchev–Trinajstić information content (AvgIpc) is 3.64. The molecule has 0 bridgehead atoms. The van der Waals surface area contributed by atoms with Crippen LogP contribution < -0.4 is 14.7 Å². The number of hydrogen-bond acceptors (Lipinski definition) is 3. The second kappa shape index (κ2) is 10.7. The Kier molecular flexibility index (Phi) is 2.84. The molecule has 0 spiro atoms. The van der Waals surface area contributed by atoms with E-state index in [9.17, 15) is 4.79 Å². The molecule has 4 heteroatoms. The summed E-state index contributed by atoms with van der Waals surface area (Å²) in [4.78, 5) is 16.4. The Morgan fingerprint density at radius 2 is 1.03 bits per heavy atom. The Balaban J connectivity index is 1.83. The van der Waals surface area contributed by atoms with Gasteiger partial charge in [-0.1, -0.05) is 72.5 Å². The summed E-state index contributed by atoms with van der Waals surface area (Å²) in [6, 6.07) is -13.3. The molecule has 1 aliphatic heterocycles. The molecule has 1 fully saturated rings. The number of anilines is 7. The van der Waals surface area contributed by atoms with Crippen LogP contribution >= 0.6 is 0 Å². The molecule has 38 heavy (non-hydrogen) atoms. The first kappa shape index (κ1) is 10.1. The smallest absolute Gasteiger partial charge is 0.227 e. The van der Waals surface area contributed by atoms with Crippen molar-refractivity contribution in [3.05, 3.63) is 139 Å². The lowest BCUT2D eigenvalue weighted by molar-refractivity contribution is -0.117. The maximum Gasteiger partial charge on any atom is 0.227 e. The van der Waals surface area contributed by atoms with Crippen LogP contribution in [-0.4, -0.2) is 12.5 Å². The quantitative estimate of drug-likeness (QED) is 0.217. The molecule has 5 aromatic carbocycles. The van der Waals surface area contributed by atoms with E-state index >= 15 is 0 Å². The van der Waals surface area contributed by atoms with E-state index in [0.717, 1.165) is 28.0 Å². The number of amides is 1. The number of benzene rings is 5. The van der Waals surface area contributed by atoms with Gasteiger partial charge in [-0.2, -0.15) is 0 Å². The molecule has 1 saturated heterocycles. The Morgan fingerprint density at radius 3 is 1.45 bits per heavy atom. The molecule has 186 valence electrons. The van der Waals surface area contributed by atoms with Gasteiger partial charge in [0.15, 0.2) is 0 Å². The van der Waals surface area contributed by atoms with E-state index in [1.807, 2.05) is 0 Å². The molecule has 6 rings (SSSR count). The first-order chi connectivity index (χ1) is 27.1. The number of hydrogen-bond donors (Lipinski definition) is 0. The van der Waals surface area contributed by atoms with Crippen LogP contribution in [-0.2, 0) is 4.79 Å². The molecule has 0 saturated carbocycles. The van der Waals surface area contributed by atoms with Gasteiger partial charge in [-0.3, -0.25) is 4.79 Å². The van der Waals surface area contributed by atoms with Gasteiger partial charge < -0.3 is 14.7 Å². The zero-order valence-corrected chi connectivity index (χ0v) is 19.6. The largest absolute Gasteiger partial charge is 0.310 e. The predicted octanol–water partition coefficient (Wildman–Crippen LogP) is 8.75. The van der Waals surface area contributed by atoms with Gasteiger partial charge in [-0.05, 0) is 73.0 Å². The van der Waals surface area contributed by atoms with Crippen LogP contribution in [0.25, 0.3) is 0 Å². The van der Waals surface area contributed by atoms with Gasteiger partial charge in [0.2, 0.25) is 5.91 Å². The van der Waals surface area contributed by atoms with E-state index in [1.54, 1.807) is 0 Å². The summed E-state index contributed by atoms with van der Waals surface area (Å²) in [5.41, 5.74) is -3.47. The fourth-order valence-corrected chi connectivity index (χ4v) is 4.10. The van der Waals surface area contributed by atoms with Gasteiger partial charge in [-0.15, -0.1) is 0 Å². The lowest BCUT2D eigenvalue weighted by Crippen LogP contribution is -2.26. The Bertz CT molecular complexity index is 2360. The summed E-state index contributed by atoms with van der Waals surface area (Å²) in [7, 11) is 0. The molecule has 5 aromatic rings. The van der Waals surface area contributed by atoms with Gasteiger partial charge in [0, 0.05) is 41.4 Å². The van der Waals surface area contributed by atoms with Crippen LogP contribution in [0.4, 0.5) is 39.8 Å². The van der Waals surface area contributed by atoms with Crippen LogP contribution in [0.1, 0.15) is 40.3 Å². The Morgan fingerprint density at radius 1 is 0.579 bits per heavy atom. The highest BCUT2D eigenvalue weighted by Gasteiger charge is 2.28. The van der Waals surface area contributed by atoms with Crippen LogP contribution in [0, 0.1) is 0 Å². The molecule has 1 aliphatic rings. The summed E-state index contributed by atoms with van der Waals surface area (Å²) in [6.45, 7) is -0.0204. The van der Waals surface area contributed by atoms with Crippen molar-refractivity contribution < 1.29 is 32.2 Å². The molecule has 1 heterocycles. The van der Waals surface area contributed by atoms with E-state index in [0.29, 0.717) is 0 Å². The van der Waals surface area contributed by atoms with Crippen LogP contribution in [0.2, 0.25) is 0 Å². The fourth-order valence-electron chi connectivity index (χ4n) is 4.10. The van der Waals surface area contributed by atoms with E-state index in [-0.39, 0.29) is 36.4 Å². The molecule has 0 N–H and O–H groups in total. The molecule has 0 aromatic heterocycles. The normalized spacial score (nSPS) is 20.3. The molecule has 1 amide bonds. The number of carbonyl (C=O) groups is 1. The van der Waals surface area contributed by atoms with Crippen molar-refractivity contribution in [2.75, 3.05) is 21.2 Å². The van der Waals surface area contributed by atoms with Gasteiger partial charge in [0.05, 0.1) is 38.8 Å². The Hall–Kier alpha value is -4.83. The number of nitrogens with zero attached hydrogens (tertiary/aromatic N) is 3. The summed E-state index contributed by atoms with van der Waals surface area (Å²) in [6.07, 6.45) is 0.241. The second-order valence-electron chi connectivity index (χ2n) is 7.89. The molecular formula is C34H29N3O. The third-order valence-corrected chi connectivity index (χ3v) is 5.66. The van der Waals surface area contributed by atoms with Crippen molar-refractivity contribution >= 4 is 45.7 Å². The van der Waals surface area contributed by atoms with Crippen LogP contribution in [0.5, 0.6) is 0 Å². The van der Waals surface area contributed by atoms with E-state index < -0.39 is 150 Å². The van der Waals surface area contributed by atoms with E-state index in [1.165, 1.54) is 4.90 Å². The summed E-state index contributed by atoms with van der Waals surface area (Å²) >= 11 is 0. The van der Waals surface area contributed by atoms with Crippen LogP contribution in [0.3, 0.4) is 0 Å². The SMILES string of the molecule is [2H]c1c([2H])c([2H])c(N(c2ccc(N(c3c([2H])c([2H])c([2H])c([2H])c3[2H])c3c([2H])c([2H])c([2H])c([2H])c3[2H])c(N3CCCC3=O)c2)c2c([2H])c([2H])c([2H])c([2H])c2[2H])c([2H])c1[2H]. The lowest BCUT2D eigenvalue weighted by atomic mass is 10.1. The van der Waals surface area contributed by atoms with Crippen molar-refractivity contribution in [3.8, 4) is 0 Å². The van der Waals surface area contributed by atoms with Crippen molar-refractivity contribution in [1.29, 1.82) is 0 Å². The fraction of sp³-hybridized carbons (Fsp3) is 0.0882. The Labute approximate surface area is 252 Å². The highest BCUT2D eigenvalue weighted by molar-refractivity contribution is 6.01. The highest BCUT2D eigenvalue weighted by atomic mass is 16.2. The summed E-state index contributed by atoms with van der Waals surface area (Å²) in [5.74, 6) is -0.530. The molecular weight excluding hydrogens is 466 g/mol. The minimum atomic E-state index is -0.861. The molecule has 4 nitrogen and oxygen atoms in total. The topological polar surface area (TPSA) is 26.8 Å². The third kappa shape index (κ3) is 4.64. The minimum Gasteiger partial charge on any atom is -0.310 e. The zero-order valence-electron chi connectivity index (χ0n) is 39.6. The molecule has 0 radical (unpaired) electrons. The summed E-state index contributed by atoms with van der Waals surface area (Å²) < 4.78 is 171. The van der Waals surface area contributed by atoms with E-state index in [4.69, 9.17) is 27.4 Å². The number of rotatable bonds is 7. The zero-order chi connectivity index (χ0) is 43.1. The summed E-state index contributed by atoms with van der Waals surface area (Å²) in [5, 5.41) is 0.